The zero-order chi connectivity index (χ0) is 19.9. The Morgan fingerprint density at radius 3 is 2.69 bits per heavy atom. The van der Waals surface area contributed by atoms with Crippen molar-refractivity contribution >= 4 is 29.9 Å². The number of nitrogens with one attached hydrogen (secondary N) is 2. The molecule has 0 saturated carbocycles. The minimum Gasteiger partial charge on any atom is -0.356 e. The van der Waals surface area contributed by atoms with Gasteiger partial charge in [0.05, 0.1) is 0 Å². The van der Waals surface area contributed by atoms with Gasteiger partial charge in [0.15, 0.2) is 5.96 Å². The molecule has 3 rings (SSSR count). The number of hydrogen-bond donors (Lipinski definition) is 2. The number of benzene rings is 1. The first-order chi connectivity index (χ1) is 13.6. The van der Waals surface area contributed by atoms with Gasteiger partial charge >= 0.3 is 5.69 Å². The lowest BCUT2D eigenvalue weighted by Gasteiger charge is -2.16. The van der Waals surface area contributed by atoms with Crippen LogP contribution in [0.3, 0.4) is 0 Å². The predicted octanol–water partition coefficient (Wildman–Crippen LogP) is 2.67. The highest BCUT2D eigenvalue weighted by molar-refractivity contribution is 14.0. The zero-order valence-corrected chi connectivity index (χ0v) is 20.0. The molecule has 1 unspecified atom stereocenters. The van der Waals surface area contributed by atoms with Crippen molar-refractivity contribution in [3.63, 3.8) is 0 Å². The number of rotatable bonds is 7. The summed E-state index contributed by atoms with van der Waals surface area (Å²) in [5.74, 6) is 2.12. The van der Waals surface area contributed by atoms with Gasteiger partial charge in [-0.05, 0) is 37.7 Å². The van der Waals surface area contributed by atoms with E-state index < -0.39 is 0 Å². The van der Waals surface area contributed by atoms with Crippen LogP contribution >= 0.6 is 24.0 Å². The summed E-state index contributed by atoms with van der Waals surface area (Å²) >= 11 is 0. The summed E-state index contributed by atoms with van der Waals surface area (Å²) in [6.45, 7) is 7.30. The van der Waals surface area contributed by atoms with Gasteiger partial charge in [-0.25, -0.2) is 9.48 Å². The first kappa shape index (κ1) is 23.4. The van der Waals surface area contributed by atoms with Crippen LogP contribution < -0.4 is 16.3 Å². The lowest BCUT2D eigenvalue weighted by molar-refractivity contribution is 0.509. The Labute approximate surface area is 190 Å². The number of halogens is 1. The normalized spacial score (nSPS) is 14.7. The lowest BCUT2D eigenvalue weighted by Crippen LogP contribution is -2.39. The second-order valence-electron chi connectivity index (χ2n) is 7.58. The van der Waals surface area contributed by atoms with Crippen molar-refractivity contribution in [2.45, 2.75) is 58.5 Å². The number of fused-ring (bicyclic) bond motifs is 1. The molecule has 0 fully saturated rings. The van der Waals surface area contributed by atoms with E-state index in [1.54, 1.807) is 11.7 Å². The van der Waals surface area contributed by atoms with Crippen molar-refractivity contribution in [2.24, 2.45) is 4.99 Å². The fourth-order valence-electron chi connectivity index (χ4n) is 3.51. The molecule has 1 aromatic heterocycles. The quantitative estimate of drug-likeness (QED) is 0.259. The average Bonchev–Trinajstić information content (AvgIpc) is 3.03. The SMILES string of the molecule is CN=C(NCCCn1nc2n(c1=O)CCCC2)NCC(C)c1ccc(C)cc1.I. The fourth-order valence-corrected chi connectivity index (χ4v) is 3.51. The van der Waals surface area contributed by atoms with Crippen molar-refractivity contribution < 1.29 is 0 Å². The van der Waals surface area contributed by atoms with Crippen LogP contribution in [0.1, 0.15) is 49.1 Å². The van der Waals surface area contributed by atoms with Gasteiger partial charge in [-0.15, -0.1) is 24.0 Å². The summed E-state index contributed by atoms with van der Waals surface area (Å²) in [6.07, 6.45) is 3.94. The Bertz CT molecular complexity index is 855. The largest absolute Gasteiger partial charge is 0.356 e. The van der Waals surface area contributed by atoms with E-state index in [2.05, 4.69) is 58.8 Å². The summed E-state index contributed by atoms with van der Waals surface area (Å²) in [4.78, 5) is 16.6. The van der Waals surface area contributed by atoms with E-state index in [1.807, 2.05) is 4.57 Å². The second-order valence-corrected chi connectivity index (χ2v) is 7.58. The summed E-state index contributed by atoms with van der Waals surface area (Å²) in [6, 6.07) is 8.66. The Balaban J connectivity index is 0.00000300. The minimum atomic E-state index is 0. The molecule has 0 bridgehead atoms. The van der Waals surface area contributed by atoms with Gasteiger partial charge in [0.25, 0.3) is 0 Å². The molecule has 0 amide bonds. The summed E-state index contributed by atoms with van der Waals surface area (Å²) in [5.41, 5.74) is 2.62. The van der Waals surface area contributed by atoms with Crippen molar-refractivity contribution in [3.8, 4) is 0 Å². The molecule has 0 spiro atoms. The smallest absolute Gasteiger partial charge is 0.345 e. The molecule has 0 aliphatic carbocycles. The topological polar surface area (TPSA) is 76.2 Å². The van der Waals surface area contributed by atoms with Gasteiger partial charge in [-0.1, -0.05) is 36.8 Å². The summed E-state index contributed by atoms with van der Waals surface area (Å²) in [5, 5.41) is 11.2. The monoisotopic (exact) mass is 512 g/mol. The molecular formula is C21H33IN6O. The van der Waals surface area contributed by atoms with E-state index in [1.165, 1.54) is 11.1 Å². The van der Waals surface area contributed by atoms with Crippen LogP contribution in [-0.2, 0) is 19.5 Å². The van der Waals surface area contributed by atoms with E-state index in [4.69, 9.17) is 0 Å². The number of aliphatic imine (C=N–C) groups is 1. The van der Waals surface area contributed by atoms with Crippen LogP contribution in [0.15, 0.2) is 34.1 Å². The summed E-state index contributed by atoms with van der Waals surface area (Å²) < 4.78 is 3.43. The fraction of sp³-hybridized carbons (Fsp3) is 0.571. The van der Waals surface area contributed by atoms with Crippen LogP contribution in [0.4, 0.5) is 0 Å². The van der Waals surface area contributed by atoms with Crippen LogP contribution in [0, 0.1) is 6.92 Å². The van der Waals surface area contributed by atoms with Crippen LogP contribution in [0.5, 0.6) is 0 Å². The molecule has 1 aliphatic heterocycles. The first-order valence-corrected chi connectivity index (χ1v) is 10.3. The average molecular weight is 512 g/mol. The van der Waals surface area contributed by atoms with Crippen LogP contribution in [0.25, 0.3) is 0 Å². The van der Waals surface area contributed by atoms with Gasteiger partial charge < -0.3 is 10.6 Å². The molecule has 1 atom stereocenters. The van der Waals surface area contributed by atoms with Gasteiger partial charge in [0.1, 0.15) is 5.82 Å². The molecule has 2 N–H and O–H groups in total. The number of aryl methyl sites for hydroxylation is 3. The number of aromatic nitrogens is 3. The van der Waals surface area contributed by atoms with Crippen LogP contribution in [0.2, 0.25) is 0 Å². The van der Waals surface area contributed by atoms with E-state index in [0.29, 0.717) is 12.5 Å². The molecule has 160 valence electrons. The third kappa shape index (κ3) is 6.32. The van der Waals surface area contributed by atoms with E-state index in [0.717, 1.165) is 57.1 Å². The third-order valence-corrected chi connectivity index (χ3v) is 5.32. The molecule has 29 heavy (non-hydrogen) atoms. The maximum atomic E-state index is 12.3. The van der Waals surface area contributed by atoms with Crippen LogP contribution in [-0.4, -0.2) is 40.4 Å². The standard InChI is InChI=1S/C21H32N6O.HI/c1-16-8-10-18(11-9-16)17(2)15-24-20(22-3)23-12-6-14-27-21(28)26-13-5-4-7-19(26)25-27;/h8-11,17H,4-7,12-15H2,1-3H3,(H2,22,23,24);1H. The molecule has 0 saturated heterocycles. The first-order valence-electron chi connectivity index (χ1n) is 10.3. The second kappa shape index (κ2) is 11.4. The Hall–Kier alpha value is -1.84. The number of guanidine groups is 1. The minimum absolute atomic E-state index is 0. The predicted molar refractivity (Wildman–Crippen MR) is 128 cm³/mol. The van der Waals surface area contributed by atoms with Crippen molar-refractivity contribution in [1.82, 2.24) is 25.0 Å². The third-order valence-electron chi connectivity index (χ3n) is 5.32. The molecular weight excluding hydrogens is 479 g/mol. The molecule has 0 radical (unpaired) electrons. The molecule has 7 nitrogen and oxygen atoms in total. The van der Waals surface area contributed by atoms with E-state index in [9.17, 15) is 4.79 Å². The summed E-state index contributed by atoms with van der Waals surface area (Å²) in [7, 11) is 1.78. The number of nitrogens with zero attached hydrogens (tertiary/aromatic N) is 4. The van der Waals surface area contributed by atoms with E-state index in [-0.39, 0.29) is 29.7 Å². The van der Waals surface area contributed by atoms with Crippen molar-refractivity contribution in [1.29, 1.82) is 0 Å². The lowest BCUT2D eigenvalue weighted by atomic mass is 10.0. The Kier molecular flexibility index (Phi) is 9.19. The Morgan fingerprint density at radius 2 is 2.00 bits per heavy atom. The molecule has 1 aliphatic rings. The van der Waals surface area contributed by atoms with Crippen molar-refractivity contribution in [3.05, 3.63) is 51.7 Å². The highest BCUT2D eigenvalue weighted by Gasteiger charge is 2.16. The van der Waals surface area contributed by atoms with Gasteiger partial charge in [-0.2, -0.15) is 5.10 Å². The maximum Gasteiger partial charge on any atom is 0.345 e. The van der Waals surface area contributed by atoms with Gasteiger partial charge in [-0.3, -0.25) is 9.56 Å². The molecule has 2 heterocycles. The maximum absolute atomic E-state index is 12.3. The zero-order valence-electron chi connectivity index (χ0n) is 17.6. The van der Waals surface area contributed by atoms with Gasteiger partial charge in [0.2, 0.25) is 0 Å². The van der Waals surface area contributed by atoms with Crippen molar-refractivity contribution in [2.75, 3.05) is 20.1 Å². The highest BCUT2D eigenvalue weighted by Crippen LogP contribution is 2.14. The van der Waals surface area contributed by atoms with E-state index >= 15 is 0 Å². The number of hydrogen-bond acceptors (Lipinski definition) is 3. The molecule has 8 heteroatoms. The highest BCUT2D eigenvalue weighted by atomic mass is 127. The Morgan fingerprint density at radius 1 is 1.24 bits per heavy atom. The molecule has 1 aromatic carbocycles. The van der Waals surface area contributed by atoms with Gasteiger partial charge in [0, 0.05) is 39.6 Å². The molecule has 2 aromatic rings.